The third kappa shape index (κ3) is 2.62. The number of fused-ring (bicyclic) bond motifs is 2. The summed E-state index contributed by atoms with van der Waals surface area (Å²) in [5, 5.41) is 2.50. The minimum atomic E-state index is -0.0373. The van der Waals surface area contributed by atoms with Crippen LogP contribution >= 0.6 is 0 Å². The minimum absolute atomic E-state index is 0.0373. The van der Waals surface area contributed by atoms with Crippen LogP contribution < -0.4 is 0 Å². The van der Waals surface area contributed by atoms with Gasteiger partial charge in [0.05, 0.1) is 23.5 Å². The number of aliphatic imine (C=N–C) groups is 2. The van der Waals surface area contributed by atoms with Gasteiger partial charge in [0.1, 0.15) is 0 Å². The molecular weight excluding hydrogens is 292 g/mol. The van der Waals surface area contributed by atoms with Crippen molar-refractivity contribution in [2.45, 2.75) is 32.9 Å². The summed E-state index contributed by atoms with van der Waals surface area (Å²) in [5.74, 6) is 0. The van der Waals surface area contributed by atoms with E-state index in [9.17, 15) is 0 Å². The molecule has 2 aromatic carbocycles. The zero-order valence-electron chi connectivity index (χ0n) is 14.4. The number of rotatable bonds is 1. The molecule has 2 nitrogen and oxygen atoms in total. The van der Waals surface area contributed by atoms with Crippen molar-refractivity contribution >= 4 is 22.2 Å². The summed E-state index contributed by atoms with van der Waals surface area (Å²) in [4.78, 5) is 10.1. The van der Waals surface area contributed by atoms with E-state index in [0.717, 1.165) is 17.0 Å². The van der Waals surface area contributed by atoms with Crippen LogP contribution in [-0.2, 0) is 0 Å². The van der Waals surface area contributed by atoms with Gasteiger partial charge in [0, 0.05) is 11.0 Å². The van der Waals surface area contributed by atoms with Crippen molar-refractivity contribution < 1.29 is 0 Å². The molecule has 1 aliphatic heterocycles. The van der Waals surface area contributed by atoms with Crippen molar-refractivity contribution in [3.05, 3.63) is 72.3 Å². The van der Waals surface area contributed by atoms with Gasteiger partial charge in [0.15, 0.2) is 0 Å². The molecule has 2 atom stereocenters. The van der Waals surface area contributed by atoms with Gasteiger partial charge in [-0.1, -0.05) is 81.5 Å². The Labute approximate surface area is 143 Å². The van der Waals surface area contributed by atoms with E-state index < -0.39 is 0 Å². The molecule has 120 valence electrons. The molecule has 0 amide bonds. The predicted octanol–water partition coefficient (Wildman–Crippen LogP) is 4.99. The van der Waals surface area contributed by atoms with Gasteiger partial charge >= 0.3 is 0 Å². The molecule has 2 aliphatic rings. The molecule has 0 saturated heterocycles. The lowest BCUT2D eigenvalue weighted by Crippen LogP contribution is -2.38. The van der Waals surface area contributed by atoms with Gasteiger partial charge < -0.3 is 0 Å². The normalized spacial score (nSPS) is 23.0. The van der Waals surface area contributed by atoms with E-state index in [0.29, 0.717) is 0 Å². The van der Waals surface area contributed by atoms with Crippen LogP contribution in [0.2, 0.25) is 0 Å². The smallest absolute Gasteiger partial charge is 0.0950 e. The first-order chi connectivity index (χ1) is 11.5. The summed E-state index contributed by atoms with van der Waals surface area (Å²) in [6.45, 7) is 6.64. The lowest BCUT2D eigenvalue weighted by Gasteiger charge is -2.32. The Bertz CT molecular complexity index is 907. The topological polar surface area (TPSA) is 24.7 Å². The average molecular weight is 314 g/mol. The molecule has 4 rings (SSSR count). The standard InChI is InChI=1S/C22H22N2/c1-22(2,3)21-20(23-18-10-6-7-11-19(18)24-21)17-13-12-15-8-4-5-9-16(15)14-17/h4-14,18-19H,1-3H3. The maximum absolute atomic E-state index is 5.08. The van der Waals surface area contributed by atoms with Crippen molar-refractivity contribution in [2.24, 2.45) is 15.4 Å². The van der Waals surface area contributed by atoms with Gasteiger partial charge in [-0.15, -0.1) is 0 Å². The monoisotopic (exact) mass is 314 g/mol. The first-order valence-corrected chi connectivity index (χ1v) is 8.53. The second-order valence-corrected chi connectivity index (χ2v) is 7.52. The first-order valence-electron chi connectivity index (χ1n) is 8.53. The van der Waals surface area contributed by atoms with Crippen molar-refractivity contribution in [1.29, 1.82) is 0 Å². The Hall–Kier alpha value is -2.48. The van der Waals surface area contributed by atoms with E-state index in [1.165, 1.54) is 10.8 Å². The van der Waals surface area contributed by atoms with Crippen LogP contribution in [0.15, 0.2) is 76.8 Å². The molecular formula is C22H22N2. The van der Waals surface area contributed by atoms with Crippen LogP contribution in [0.5, 0.6) is 0 Å². The molecule has 0 bridgehead atoms. The highest BCUT2D eigenvalue weighted by Crippen LogP contribution is 2.29. The molecule has 0 aromatic heterocycles. The maximum Gasteiger partial charge on any atom is 0.0950 e. The SMILES string of the molecule is CC(C)(C)C1=NC2C=CC=CC2N=C1c1ccc2ccccc2c1. The van der Waals surface area contributed by atoms with Gasteiger partial charge in [-0.3, -0.25) is 9.98 Å². The zero-order chi connectivity index (χ0) is 16.7. The Balaban J connectivity index is 1.86. The number of benzene rings is 2. The van der Waals surface area contributed by atoms with Crippen molar-refractivity contribution in [1.82, 2.24) is 0 Å². The van der Waals surface area contributed by atoms with E-state index in [1.807, 2.05) is 0 Å². The van der Waals surface area contributed by atoms with Crippen molar-refractivity contribution in [2.75, 3.05) is 0 Å². The molecule has 0 spiro atoms. The summed E-state index contributed by atoms with van der Waals surface area (Å²) in [7, 11) is 0. The molecule has 0 N–H and O–H groups in total. The van der Waals surface area contributed by atoms with Crippen LogP contribution in [-0.4, -0.2) is 23.5 Å². The third-order valence-corrected chi connectivity index (χ3v) is 4.59. The second kappa shape index (κ2) is 5.55. The quantitative estimate of drug-likeness (QED) is 0.708. The van der Waals surface area contributed by atoms with Crippen LogP contribution in [0.3, 0.4) is 0 Å². The summed E-state index contributed by atoms with van der Waals surface area (Å²) in [5.41, 5.74) is 3.25. The molecule has 2 heteroatoms. The largest absolute Gasteiger partial charge is 0.277 e. The molecule has 2 aromatic rings. The Morgan fingerprint density at radius 1 is 0.792 bits per heavy atom. The fourth-order valence-corrected chi connectivity index (χ4v) is 3.34. The molecule has 2 unspecified atom stereocenters. The predicted molar refractivity (Wildman–Crippen MR) is 103 cm³/mol. The van der Waals surface area contributed by atoms with Crippen LogP contribution in [0.25, 0.3) is 10.8 Å². The molecule has 1 aliphatic carbocycles. The lowest BCUT2D eigenvalue weighted by atomic mass is 9.82. The molecule has 0 radical (unpaired) electrons. The molecule has 1 heterocycles. The fraction of sp³-hybridized carbons (Fsp3) is 0.273. The Morgan fingerprint density at radius 3 is 2.17 bits per heavy atom. The maximum atomic E-state index is 5.08. The Kier molecular flexibility index (Phi) is 3.49. The molecule has 24 heavy (non-hydrogen) atoms. The van der Waals surface area contributed by atoms with E-state index >= 15 is 0 Å². The van der Waals surface area contributed by atoms with Crippen LogP contribution in [0, 0.1) is 5.41 Å². The van der Waals surface area contributed by atoms with Crippen molar-refractivity contribution in [3.8, 4) is 0 Å². The van der Waals surface area contributed by atoms with Gasteiger partial charge in [0.2, 0.25) is 0 Å². The third-order valence-electron chi connectivity index (χ3n) is 4.59. The van der Waals surface area contributed by atoms with Crippen LogP contribution in [0.1, 0.15) is 26.3 Å². The number of hydrogen-bond acceptors (Lipinski definition) is 2. The summed E-state index contributed by atoms with van der Waals surface area (Å²) in [6, 6.07) is 15.3. The average Bonchev–Trinajstić information content (AvgIpc) is 2.59. The summed E-state index contributed by atoms with van der Waals surface area (Å²) < 4.78 is 0. The van der Waals surface area contributed by atoms with E-state index in [1.54, 1.807) is 0 Å². The zero-order valence-corrected chi connectivity index (χ0v) is 14.4. The van der Waals surface area contributed by atoms with Crippen molar-refractivity contribution in [3.63, 3.8) is 0 Å². The number of hydrogen-bond donors (Lipinski definition) is 0. The minimum Gasteiger partial charge on any atom is -0.277 e. The van der Waals surface area contributed by atoms with E-state index in [2.05, 4.69) is 87.5 Å². The van der Waals surface area contributed by atoms with E-state index in [-0.39, 0.29) is 17.5 Å². The highest BCUT2D eigenvalue weighted by atomic mass is 15.0. The Morgan fingerprint density at radius 2 is 1.46 bits per heavy atom. The molecule has 0 saturated carbocycles. The molecule has 0 fully saturated rings. The highest BCUT2D eigenvalue weighted by Gasteiger charge is 2.32. The number of allylic oxidation sites excluding steroid dienone is 2. The number of nitrogens with zero attached hydrogens (tertiary/aromatic N) is 2. The van der Waals surface area contributed by atoms with Gasteiger partial charge in [0.25, 0.3) is 0 Å². The van der Waals surface area contributed by atoms with Gasteiger partial charge in [-0.2, -0.15) is 0 Å². The summed E-state index contributed by atoms with van der Waals surface area (Å²) in [6.07, 6.45) is 8.44. The van der Waals surface area contributed by atoms with Crippen LogP contribution in [0.4, 0.5) is 0 Å². The lowest BCUT2D eigenvalue weighted by molar-refractivity contribution is 0.578. The van der Waals surface area contributed by atoms with Gasteiger partial charge in [-0.05, 0) is 16.8 Å². The highest BCUT2D eigenvalue weighted by molar-refractivity contribution is 6.50. The fourth-order valence-electron chi connectivity index (χ4n) is 3.34. The van der Waals surface area contributed by atoms with Gasteiger partial charge in [-0.25, -0.2) is 0 Å². The summed E-state index contributed by atoms with van der Waals surface area (Å²) >= 11 is 0. The van der Waals surface area contributed by atoms with E-state index in [4.69, 9.17) is 9.98 Å². The first kappa shape index (κ1) is 15.1. The second-order valence-electron chi connectivity index (χ2n) is 7.52.